The minimum atomic E-state index is -0.459. The van der Waals surface area contributed by atoms with Gasteiger partial charge in [0.15, 0.2) is 0 Å². The monoisotopic (exact) mass is 577 g/mol. The molecular weight excluding hydrogens is 546 g/mol. The number of fused-ring (bicyclic) bond motifs is 4. The standard InChI is InChI=1S/C34H32ClN5O2/c35-31-17-27-16-28(34(42)40(20-22-7-11-36-12-8-22)21-30(27)29-19-37-38-33(29)31)18-32(41)39-13-9-24(10-14-39)26-6-5-23-3-1-2-4-25(23)15-26/h1-8,11-12,15,17,19,24,28H,9-10,13-14,16,18,20-21H2,(H,37,38)/t28-/m0/s1. The van der Waals surface area contributed by atoms with Crippen LogP contribution in [0.4, 0.5) is 0 Å². The van der Waals surface area contributed by atoms with Gasteiger partial charge >= 0.3 is 0 Å². The Morgan fingerprint density at radius 3 is 2.60 bits per heavy atom. The second-order valence-corrected chi connectivity index (χ2v) is 12.0. The number of halogens is 1. The third kappa shape index (κ3) is 5.13. The predicted octanol–water partition coefficient (Wildman–Crippen LogP) is 6.26. The molecule has 0 saturated carbocycles. The SMILES string of the molecule is O=C(C[C@@H]1Cc2cc(Cl)c3[nH]ncc3c2CN(Cc2ccncc2)C1=O)N1CCC(c2ccc3ccccc3c2)CC1. The van der Waals surface area contributed by atoms with Crippen molar-refractivity contribution in [3.8, 4) is 0 Å². The number of aromatic amines is 1. The average molecular weight is 578 g/mol. The summed E-state index contributed by atoms with van der Waals surface area (Å²) in [5.74, 6) is 0.0166. The molecule has 0 spiro atoms. The van der Waals surface area contributed by atoms with Crippen LogP contribution in [0.3, 0.4) is 0 Å². The summed E-state index contributed by atoms with van der Waals surface area (Å²) in [7, 11) is 0. The Morgan fingerprint density at radius 2 is 1.79 bits per heavy atom. The largest absolute Gasteiger partial charge is 0.343 e. The molecule has 1 fully saturated rings. The van der Waals surface area contributed by atoms with Crippen molar-refractivity contribution in [3.05, 3.63) is 107 Å². The highest BCUT2D eigenvalue weighted by Gasteiger charge is 2.34. The minimum Gasteiger partial charge on any atom is -0.343 e. The summed E-state index contributed by atoms with van der Waals surface area (Å²) in [4.78, 5) is 35.6. The fraction of sp³-hybridized carbons (Fsp3) is 0.294. The molecule has 1 saturated heterocycles. The van der Waals surface area contributed by atoms with Crippen molar-refractivity contribution in [1.82, 2.24) is 25.0 Å². The number of nitrogens with one attached hydrogen (secondary N) is 1. The van der Waals surface area contributed by atoms with Gasteiger partial charge in [-0.15, -0.1) is 0 Å². The van der Waals surface area contributed by atoms with Gasteiger partial charge in [0.2, 0.25) is 11.8 Å². The number of hydrogen-bond acceptors (Lipinski definition) is 4. The van der Waals surface area contributed by atoms with Crippen LogP contribution in [-0.4, -0.2) is 49.9 Å². The Hall–Kier alpha value is -4.23. The summed E-state index contributed by atoms with van der Waals surface area (Å²) in [6.07, 6.45) is 7.76. The lowest BCUT2D eigenvalue weighted by atomic mass is 9.87. The first-order valence-corrected chi connectivity index (χ1v) is 15.0. The molecule has 0 aliphatic carbocycles. The second kappa shape index (κ2) is 11.2. The van der Waals surface area contributed by atoms with E-state index >= 15 is 0 Å². The quantitative estimate of drug-likeness (QED) is 0.267. The van der Waals surface area contributed by atoms with Crippen molar-refractivity contribution in [2.75, 3.05) is 13.1 Å². The second-order valence-electron chi connectivity index (χ2n) is 11.6. The molecule has 1 N–H and O–H groups in total. The maximum atomic E-state index is 14.0. The Morgan fingerprint density at radius 1 is 1.00 bits per heavy atom. The number of piperidine rings is 1. The zero-order valence-electron chi connectivity index (χ0n) is 23.3. The van der Waals surface area contributed by atoms with E-state index in [4.69, 9.17) is 11.6 Å². The normalized spacial score (nSPS) is 17.9. The molecule has 7 nitrogen and oxygen atoms in total. The first-order valence-electron chi connectivity index (χ1n) is 14.6. The van der Waals surface area contributed by atoms with E-state index in [0.717, 1.165) is 40.4 Å². The summed E-state index contributed by atoms with van der Waals surface area (Å²) in [6.45, 7) is 2.29. The molecule has 212 valence electrons. The van der Waals surface area contributed by atoms with E-state index < -0.39 is 5.92 Å². The molecular formula is C34H32ClN5O2. The van der Waals surface area contributed by atoms with Gasteiger partial charge in [0.05, 0.1) is 22.7 Å². The third-order valence-corrected chi connectivity index (χ3v) is 9.30. The van der Waals surface area contributed by atoms with E-state index in [2.05, 4.69) is 57.6 Å². The summed E-state index contributed by atoms with van der Waals surface area (Å²) < 4.78 is 0. The fourth-order valence-electron chi connectivity index (χ4n) is 6.70. The zero-order valence-corrected chi connectivity index (χ0v) is 24.1. The van der Waals surface area contributed by atoms with E-state index in [1.165, 1.54) is 16.3 Å². The number of hydrogen-bond donors (Lipinski definition) is 1. The third-order valence-electron chi connectivity index (χ3n) is 9.00. The number of carbonyl (C=O) groups is 2. The van der Waals surface area contributed by atoms with Gasteiger partial charge in [-0.25, -0.2) is 0 Å². The molecule has 42 heavy (non-hydrogen) atoms. The van der Waals surface area contributed by atoms with Crippen LogP contribution in [0.15, 0.2) is 79.3 Å². The van der Waals surface area contributed by atoms with Crippen LogP contribution in [0, 0.1) is 5.92 Å². The van der Waals surface area contributed by atoms with Crippen LogP contribution < -0.4 is 0 Å². The van der Waals surface area contributed by atoms with Crippen molar-refractivity contribution < 1.29 is 9.59 Å². The van der Waals surface area contributed by atoms with E-state index in [1.54, 1.807) is 18.6 Å². The number of benzene rings is 3. The Balaban J connectivity index is 1.10. The van der Waals surface area contributed by atoms with Crippen molar-refractivity contribution in [2.45, 2.75) is 44.7 Å². The maximum Gasteiger partial charge on any atom is 0.227 e. The van der Waals surface area contributed by atoms with Gasteiger partial charge in [-0.05, 0) is 76.4 Å². The number of aromatic nitrogens is 3. The van der Waals surface area contributed by atoms with Crippen molar-refractivity contribution >= 4 is 45.1 Å². The lowest BCUT2D eigenvalue weighted by Crippen LogP contribution is -2.41. The molecule has 2 aliphatic heterocycles. The molecule has 2 aliphatic rings. The highest BCUT2D eigenvalue weighted by Crippen LogP contribution is 2.35. The van der Waals surface area contributed by atoms with Crippen LogP contribution in [0.5, 0.6) is 0 Å². The molecule has 0 unspecified atom stereocenters. The molecule has 2 aromatic heterocycles. The summed E-state index contributed by atoms with van der Waals surface area (Å²) in [6, 6.07) is 20.9. The Labute approximate surface area is 249 Å². The zero-order chi connectivity index (χ0) is 28.6. The summed E-state index contributed by atoms with van der Waals surface area (Å²) in [5.41, 5.74) is 5.16. The number of H-pyrrole nitrogens is 1. The van der Waals surface area contributed by atoms with Crippen molar-refractivity contribution in [3.63, 3.8) is 0 Å². The molecule has 0 radical (unpaired) electrons. The van der Waals surface area contributed by atoms with Crippen LogP contribution in [-0.2, 0) is 29.1 Å². The Kier molecular flexibility index (Phi) is 7.12. The number of rotatable bonds is 5. The van der Waals surface area contributed by atoms with Gasteiger partial charge in [0, 0.05) is 50.4 Å². The van der Waals surface area contributed by atoms with Crippen LogP contribution >= 0.6 is 11.6 Å². The highest BCUT2D eigenvalue weighted by molar-refractivity contribution is 6.35. The minimum absolute atomic E-state index is 0.00446. The first-order chi connectivity index (χ1) is 20.5. The number of carbonyl (C=O) groups excluding carboxylic acids is 2. The molecule has 7 rings (SSSR count). The number of nitrogens with zero attached hydrogens (tertiary/aromatic N) is 4. The van der Waals surface area contributed by atoms with Gasteiger partial charge < -0.3 is 9.80 Å². The maximum absolute atomic E-state index is 14.0. The van der Waals surface area contributed by atoms with Crippen LogP contribution in [0.1, 0.15) is 47.4 Å². The number of likely N-dealkylation sites (tertiary alicyclic amines) is 1. The van der Waals surface area contributed by atoms with Crippen molar-refractivity contribution in [1.29, 1.82) is 0 Å². The fourth-order valence-corrected chi connectivity index (χ4v) is 6.97. The van der Waals surface area contributed by atoms with E-state index in [1.807, 2.05) is 28.0 Å². The molecule has 0 bridgehead atoms. The lowest BCUT2D eigenvalue weighted by molar-refractivity contribution is -0.142. The van der Waals surface area contributed by atoms with E-state index in [9.17, 15) is 9.59 Å². The van der Waals surface area contributed by atoms with Gasteiger partial charge in [0.25, 0.3) is 0 Å². The molecule has 4 heterocycles. The molecule has 8 heteroatoms. The molecule has 3 aromatic carbocycles. The molecule has 1 atom stereocenters. The van der Waals surface area contributed by atoms with E-state index in [-0.39, 0.29) is 18.2 Å². The average Bonchev–Trinajstić information content (AvgIpc) is 3.49. The number of pyridine rings is 1. The predicted molar refractivity (Wildman–Crippen MR) is 164 cm³/mol. The van der Waals surface area contributed by atoms with Gasteiger partial charge in [0.1, 0.15) is 0 Å². The topological polar surface area (TPSA) is 82.2 Å². The van der Waals surface area contributed by atoms with Crippen molar-refractivity contribution in [2.24, 2.45) is 5.92 Å². The van der Waals surface area contributed by atoms with Gasteiger partial charge in [-0.2, -0.15) is 5.10 Å². The lowest BCUT2D eigenvalue weighted by Gasteiger charge is -2.33. The summed E-state index contributed by atoms with van der Waals surface area (Å²) >= 11 is 6.61. The van der Waals surface area contributed by atoms with Gasteiger partial charge in [-0.1, -0.05) is 54.1 Å². The Bertz CT molecular complexity index is 1780. The van der Waals surface area contributed by atoms with E-state index in [0.29, 0.717) is 43.5 Å². The van der Waals surface area contributed by atoms with Crippen LogP contribution in [0.2, 0.25) is 5.02 Å². The number of amides is 2. The molecule has 2 amide bonds. The smallest absolute Gasteiger partial charge is 0.227 e. The van der Waals surface area contributed by atoms with Gasteiger partial charge in [-0.3, -0.25) is 19.7 Å². The summed E-state index contributed by atoms with van der Waals surface area (Å²) in [5, 5.41) is 11.2. The van der Waals surface area contributed by atoms with Crippen LogP contribution in [0.25, 0.3) is 21.7 Å². The highest BCUT2D eigenvalue weighted by atomic mass is 35.5. The first kappa shape index (κ1) is 26.7. The molecule has 5 aromatic rings.